The highest BCUT2D eigenvalue weighted by atomic mass is 16.4. The van der Waals surface area contributed by atoms with Crippen LogP contribution in [0.1, 0.15) is 37.8 Å². The number of carbonyl (C=O) groups is 2. The van der Waals surface area contributed by atoms with E-state index in [0.717, 1.165) is 30.6 Å². The molecule has 1 fully saturated rings. The minimum Gasteiger partial charge on any atom is -0.508 e. The van der Waals surface area contributed by atoms with E-state index in [0.29, 0.717) is 30.9 Å². The Bertz CT molecular complexity index is 904. The summed E-state index contributed by atoms with van der Waals surface area (Å²) in [7, 11) is 0. The van der Waals surface area contributed by atoms with Crippen molar-refractivity contribution in [1.29, 1.82) is 0 Å². The second-order valence-electron chi connectivity index (χ2n) is 9.22. The standard InChI is InChI=1S/C26H34N2O4/c1-19-17-28(13-12-26(19,2)21-9-6-10-23(30)16-21)18-22(15-20-7-4-3-5-8-20)27-24(11-14-29)25(31)32/h3-10,14,16,19,22,24,27,30H,11-13,15,17-18H2,1-2H3,(H,31,32)/t19-,22?,24?,26-/m0/s1. The number of piperidine rings is 1. The fourth-order valence-corrected chi connectivity index (χ4v) is 4.78. The van der Waals surface area contributed by atoms with Crippen molar-refractivity contribution in [2.75, 3.05) is 19.6 Å². The zero-order chi connectivity index (χ0) is 23.1. The molecule has 0 bridgehead atoms. The highest BCUT2D eigenvalue weighted by molar-refractivity contribution is 5.77. The molecule has 0 radical (unpaired) electrons. The minimum atomic E-state index is -1.00. The molecule has 2 unspecified atom stereocenters. The SMILES string of the molecule is C[C@H]1CN(CC(Cc2ccccc2)NC(CC=O)C(=O)O)CC[C@]1(C)c1cccc(O)c1. The van der Waals surface area contributed by atoms with E-state index >= 15 is 0 Å². The fraction of sp³-hybridized carbons (Fsp3) is 0.462. The Labute approximate surface area is 190 Å². The summed E-state index contributed by atoms with van der Waals surface area (Å²) in [6, 6.07) is 16.6. The van der Waals surface area contributed by atoms with Crippen molar-refractivity contribution in [3.63, 3.8) is 0 Å². The fourth-order valence-electron chi connectivity index (χ4n) is 4.78. The van der Waals surface area contributed by atoms with Gasteiger partial charge in [-0.05, 0) is 54.0 Å². The van der Waals surface area contributed by atoms with Crippen LogP contribution in [0.3, 0.4) is 0 Å². The first-order valence-corrected chi connectivity index (χ1v) is 11.3. The van der Waals surface area contributed by atoms with E-state index in [1.165, 1.54) is 0 Å². The summed E-state index contributed by atoms with van der Waals surface area (Å²) in [5, 5.41) is 22.7. The van der Waals surface area contributed by atoms with E-state index in [2.05, 4.69) is 30.1 Å². The molecule has 2 aromatic rings. The van der Waals surface area contributed by atoms with Gasteiger partial charge in [0.25, 0.3) is 0 Å². The van der Waals surface area contributed by atoms with Crippen molar-refractivity contribution in [1.82, 2.24) is 10.2 Å². The molecule has 4 atom stereocenters. The molecular weight excluding hydrogens is 404 g/mol. The van der Waals surface area contributed by atoms with E-state index in [-0.39, 0.29) is 17.9 Å². The highest BCUT2D eigenvalue weighted by Gasteiger charge is 2.38. The molecule has 1 saturated heterocycles. The number of rotatable bonds is 10. The lowest BCUT2D eigenvalue weighted by atomic mass is 9.68. The number of aliphatic carboxylic acids is 1. The number of hydrogen-bond acceptors (Lipinski definition) is 5. The summed E-state index contributed by atoms with van der Waals surface area (Å²) >= 11 is 0. The van der Waals surface area contributed by atoms with Crippen LogP contribution in [0.15, 0.2) is 54.6 Å². The Balaban J connectivity index is 1.71. The third-order valence-corrected chi connectivity index (χ3v) is 6.94. The molecule has 0 aliphatic carbocycles. The van der Waals surface area contributed by atoms with Gasteiger partial charge in [0.2, 0.25) is 0 Å². The van der Waals surface area contributed by atoms with Crippen molar-refractivity contribution in [3.8, 4) is 5.75 Å². The molecule has 3 rings (SSSR count). The molecule has 2 aromatic carbocycles. The predicted octanol–water partition coefficient (Wildman–Crippen LogP) is 3.23. The number of aldehydes is 1. The van der Waals surface area contributed by atoms with E-state index in [9.17, 15) is 19.8 Å². The molecule has 172 valence electrons. The van der Waals surface area contributed by atoms with Crippen LogP contribution >= 0.6 is 0 Å². The summed E-state index contributed by atoms with van der Waals surface area (Å²) in [5.41, 5.74) is 2.26. The van der Waals surface area contributed by atoms with Crippen molar-refractivity contribution in [2.24, 2.45) is 5.92 Å². The number of phenolic OH excluding ortho intramolecular Hbond substituents is 1. The number of phenols is 1. The van der Waals surface area contributed by atoms with Gasteiger partial charge in [0, 0.05) is 25.6 Å². The van der Waals surface area contributed by atoms with Crippen molar-refractivity contribution < 1.29 is 19.8 Å². The van der Waals surface area contributed by atoms with E-state index in [1.54, 1.807) is 6.07 Å². The molecule has 0 amide bonds. The smallest absolute Gasteiger partial charge is 0.321 e. The van der Waals surface area contributed by atoms with Crippen LogP contribution in [0.4, 0.5) is 0 Å². The summed E-state index contributed by atoms with van der Waals surface area (Å²) in [4.78, 5) is 25.0. The van der Waals surface area contributed by atoms with Gasteiger partial charge >= 0.3 is 5.97 Å². The maximum atomic E-state index is 11.6. The van der Waals surface area contributed by atoms with Crippen LogP contribution in [-0.4, -0.2) is 59.1 Å². The Hall–Kier alpha value is -2.70. The number of carboxylic acids is 1. The second kappa shape index (κ2) is 10.7. The summed E-state index contributed by atoms with van der Waals surface area (Å²) < 4.78 is 0. The van der Waals surface area contributed by atoms with Gasteiger partial charge < -0.3 is 19.9 Å². The third kappa shape index (κ3) is 5.96. The van der Waals surface area contributed by atoms with Gasteiger partial charge in [-0.15, -0.1) is 0 Å². The van der Waals surface area contributed by atoms with Gasteiger partial charge in [-0.25, -0.2) is 0 Å². The molecule has 1 aliphatic heterocycles. The Kier molecular flexibility index (Phi) is 8.04. The number of nitrogens with one attached hydrogen (secondary N) is 1. The summed E-state index contributed by atoms with van der Waals surface area (Å²) in [5.74, 6) is -0.348. The number of nitrogens with zero attached hydrogens (tertiary/aromatic N) is 1. The number of hydrogen-bond donors (Lipinski definition) is 3. The molecule has 6 nitrogen and oxygen atoms in total. The molecule has 1 heterocycles. The van der Waals surface area contributed by atoms with Crippen LogP contribution in [0.25, 0.3) is 0 Å². The van der Waals surface area contributed by atoms with Gasteiger partial charge in [-0.1, -0.05) is 56.3 Å². The molecule has 1 aliphatic rings. The van der Waals surface area contributed by atoms with Gasteiger partial charge in [0.15, 0.2) is 0 Å². The quantitative estimate of drug-likeness (QED) is 0.494. The summed E-state index contributed by atoms with van der Waals surface area (Å²) in [6.07, 6.45) is 2.26. The van der Waals surface area contributed by atoms with Crippen LogP contribution in [-0.2, 0) is 21.4 Å². The maximum absolute atomic E-state index is 11.6. The lowest BCUT2D eigenvalue weighted by Gasteiger charge is -2.46. The van der Waals surface area contributed by atoms with Crippen LogP contribution in [0.5, 0.6) is 5.75 Å². The lowest BCUT2D eigenvalue weighted by Crippen LogP contribution is -2.54. The zero-order valence-corrected chi connectivity index (χ0v) is 18.9. The van der Waals surface area contributed by atoms with Crippen molar-refractivity contribution >= 4 is 12.3 Å². The van der Waals surface area contributed by atoms with Gasteiger partial charge in [-0.2, -0.15) is 0 Å². The van der Waals surface area contributed by atoms with E-state index in [4.69, 9.17) is 0 Å². The van der Waals surface area contributed by atoms with E-state index < -0.39 is 12.0 Å². The number of carboxylic acid groups (broad SMARTS) is 1. The maximum Gasteiger partial charge on any atom is 0.321 e. The topological polar surface area (TPSA) is 89.9 Å². The molecule has 0 spiro atoms. The molecule has 0 aromatic heterocycles. The Morgan fingerprint density at radius 1 is 1.25 bits per heavy atom. The van der Waals surface area contributed by atoms with Gasteiger partial charge in [-0.3, -0.25) is 10.1 Å². The Morgan fingerprint density at radius 3 is 2.62 bits per heavy atom. The van der Waals surface area contributed by atoms with Crippen LogP contribution in [0.2, 0.25) is 0 Å². The minimum absolute atomic E-state index is 0.0291. The number of benzene rings is 2. The average molecular weight is 439 g/mol. The zero-order valence-electron chi connectivity index (χ0n) is 18.9. The van der Waals surface area contributed by atoms with Crippen LogP contribution < -0.4 is 5.32 Å². The van der Waals surface area contributed by atoms with Gasteiger partial charge in [0.05, 0.1) is 0 Å². The van der Waals surface area contributed by atoms with E-state index in [1.807, 2.05) is 42.5 Å². The average Bonchev–Trinajstić information content (AvgIpc) is 2.76. The normalized spacial score (nSPS) is 23.4. The number of carbonyl (C=O) groups excluding carboxylic acids is 1. The largest absolute Gasteiger partial charge is 0.508 e. The number of likely N-dealkylation sites (tertiary alicyclic amines) is 1. The summed E-state index contributed by atoms with van der Waals surface area (Å²) in [6.45, 7) is 6.97. The second-order valence-corrected chi connectivity index (χ2v) is 9.22. The molecular formula is C26H34N2O4. The lowest BCUT2D eigenvalue weighted by molar-refractivity contribution is -0.140. The number of aromatic hydroxyl groups is 1. The first-order valence-electron chi connectivity index (χ1n) is 11.3. The molecule has 6 heteroatoms. The first-order chi connectivity index (χ1) is 15.3. The monoisotopic (exact) mass is 438 g/mol. The van der Waals surface area contributed by atoms with Crippen LogP contribution in [0, 0.1) is 5.92 Å². The highest BCUT2D eigenvalue weighted by Crippen LogP contribution is 2.40. The Morgan fingerprint density at radius 2 is 2.00 bits per heavy atom. The molecule has 0 saturated carbocycles. The molecule has 32 heavy (non-hydrogen) atoms. The first kappa shape index (κ1) is 24.0. The van der Waals surface area contributed by atoms with Gasteiger partial charge in [0.1, 0.15) is 18.1 Å². The predicted molar refractivity (Wildman–Crippen MR) is 125 cm³/mol. The third-order valence-electron chi connectivity index (χ3n) is 6.94. The molecule has 3 N–H and O–H groups in total. The van der Waals surface area contributed by atoms with Crippen molar-refractivity contribution in [2.45, 2.75) is 50.6 Å². The van der Waals surface area contributed by atoms with Crippen molar-refractivity contribution in [3.05, 3.63) is 65.7 Å².